The summed E-state index contributed by atoms with van der Waals surface area (Å²) in [5.74, 6) is -0.440. The maximum Gasteiger partial charge on any atom is 0.331 e. The van der Waals surface area contributed by atoms with Gasteiger partial charge in [-0.1, -0.05) is 61.1 Å². The summed E-state index contributed by atoms with van der Waals surface area (Å²) >= 11 is 0. The van der Waals surface area contributed by atoms with E-state index in [0.29, 0.717) is 12.8 Å². The molecule has 226 valence electrons. The van der Waals surface area contributed by atoms with Crippen molar-refractivity contribution in [1.29, 1.82) is 0 Å². The number of ether oxygens (including phenoxy) is 3. The van der Waals surface area contributed by atoms with E-state index in [9.17, 15) is 35.4 Å². The van der Waals surface area contributed by atoms with Crippen LogP contribution < -0.4 is 0 Å². The van der Waals surface area contributed by atoms with Crippen LogP contribution in [0.2, 0.25) is 0 Å². The molecular weight excluding hydrogens is 520 g/mol. The van der Waals surface area contributed by atoms with Gasteiger partial charge < -0.3 is 44.8 Å². The van der Waals surface area contributed by atoms with E-state index in [1.165, 1.54) is 6.08 Å². The standard InChI is InChI=1S/C30H46O10/c1-21-13-7-3-2-4-8-14-22(32)19-23(33)15-9-5-10-16-24(17-11-6-12-18-26(34)38-21)39-30-29(37)28(36)27(35)25(20-31)40-30/h5-6,8-12,14,16,18,21-25,27-33,35-37H,2-4,7,13,15,17,19-20H2,1H3/b9-5-,11-6-,14-8-,16-10-,18-12-/t21-,22+,23+,24-,25+,27+,28-,29+,30+/m1/s1. The topological polar surface area (TPSA) is 166 Å². The minimum atomic E-state index is -1.56. The molecule has 0 aromatic rings. The summed E-state index contributed by atoms with van der Waals surface area (Å²) in [6.45, 7) is 1.29. The van der Waals surface area contributed by atoms with E-state index in [0.717, 1.165) is 32.1 Å². The zero-order valence-electron chi connectivity index (χ0n) is 23.1. The average molecular weight is 567 g/mol. The van der Waals surface area contributed by atoms with E-state index in [4.69, 9.17) is 14.2 Å². The highest BCUT2D eigenvalue weighted by Gasteiger charge is 2.44. The van der Waals surface area contributed by atoms with Crippen LogP contribution in [0.3, 0.4) is 0 Å². The second-order valence-corrected chi connectivity index (χ2v) is 10.2. The van der Waals surface area contributed by atoms with Gasteiger partial charge in [0.25, 0.3) is 0 Å². The predicted octanol–water partition coefficient (Wildman–Crippen LogP) is 1.74. The Bertz CT molecular complexity index is 865. The van der Waals surface area contributed by atoms with Gasteiger partial charge in [0.1, 0.15) is 24.4 Å². The third kappa shape index (κ3) is 13.0. The summed E-state index contributed by atoms with van der Waals surface area (Å²) in [6, 6.07) is 0. The molecule has 0 spiro atoms. The van der Waals surface area contributed by atoms with Gasteiger partial charge in [0.2, 0.25) is 0 Å². The molecule has 0 aliphatic carbocycles. The maximum atomic E-state index is 12.1. The van der Waals surface area contributed by atoms with Crippen LogP contribution in [0.25, 0.3) is 0 Å². The number of aliphatic hydroxyl groups is 6. The lowest BCUT2D eigenvalue weighted by atomic mass is 9.99. The number of carbonyl (C=O) groups excluding carboxylic acids is 1. The molecule has 10 nitrogen and oxygen atoms in total. The van der Waals surface area contributed by atoms with Gasteiger partial charge >= 0.3 is 5.97 Å². The van der Waals surface area contributed by atoms with Gasteiger partial charge in [-0.05, 0) is 45.4 Å². The molecule has 9 atom stereocenters. The number of hydrogen-bond donors (Lipinski definition) is 6. The van der Waals surface area contributed by atoms with E-state index in [2.05, 4.69) is 0 Å². The molecule has 0 amide bonds. The molecule has 0 aromatic heterocycles. The van der Waals surface area contributed by atoms with Gasteiger partial charge in [0.15, 0.2) is 6.29 Å². The molecule has 2 aliphatic rings. The summed E-state index contributed by atoms with van der Waals surface area (Å²) in [5, 5.41) is 60.2. The van der Waals surface area contributed by atoms with Gasteiger partial charge in [-0.15, -0.1) is 0 Å². The van der Waals surface area contributed by atoms with Crippen LogP contribution in [0.5, 0.6) is 0 Å². The van der Waals surface area contributed by atoms with Crippen molar-refractivity contribution < 1.29 is 49.6 Å². The van der Waals surface area contributed by atoms with Crippen molar-refractivity contribution in [1.82, 2.24) is 0 Å². The van der Waals surface area contributed by atoms with Crippen molar-refractivity contribution in [3.63, 3.8) is 0 Å². The molecule has 10 heteroatoms. The monoisotopic (exact) mass is 566 g/mol. The fourth-order valence-electron chi connectivity index (χ4n) is 4.33. The fourth-order valence-corrected chi connectivity index (χ4v) is 4.33. The molecule has 1 saturated heterocycles. The number of rotatable bonds is 3. The van der Waals surface area contributed by atoms with Crippen molar-refractivity contribution in [2.75, 3.05) is 6.61 Å². The molecule has 1 fully saturated rings. The van der Waals surface area contributed by atoms with Crippen LogP contribution in [0.1, 0.15) is 58.3 Å². The smallest absolute Gasteiger partial charge is 0.331 e. The predicted molar refractivity (Wildman–Crippen MR) is 149 cm³/mol. The first-order valence-electron chi connectivity index (χ1n) is 14.1. The van der Waals surface area contributed by atoms with Crippen LogP contribution in [0, 0.1) is 0 Å². The highest BCUT2D eigenvalue weighted by atomic mass is 16.7. The molecular formula is C30H46O10. The van der Waals surface area contributed by atoms with E-state index >= 15 is 0 Å². The van der Waals surface area contributed by atoms with Crippen LogP contribution in [-0.4, -0.2) is 98.3 Å². The normalized spacial score (nSPS) is 40.2. The summed E-state index contributed by atoms with van der Waals surface area (Å²) in [6.07, 6.45) is 12.8. The zero-order valence-corrected chi connectivity index (χ0v) is 23.1. The van der Waals surface area contributed by atoms with E-state index in [1.54, 1.807) is 48.6 Å². The first-order valence-corrected chi connectivity index (χ1v) is 14.1. The summed E-state index contributed by atoms with van der Waals surface area (Å²) in [4.78, 5) is 12.1. The Morgan fingerprint density at radius 2 is 1.62 bits per heavy atom. The Labute approximate surface area is 236 Å². The number of allylic oxidation sites excluding steroid dienone is 5. The largest absolute Gasteiger partial charge is 0.460 e. The lowest BCUT2D eigenvalue weighted by Gasteiger charge is -2.40. The molecule has 6 N–H and O–H groups in total. The van der Waals surface area contributed by atoms with Crippen LogP contribution >= 0.6 is 0 Å². The lowest BCUT2D eigenvalue weighted by molar-refractivity contribution is -0.307. The molecule has 2 aliphatic heterocycles. The van der Waals surface area contributed by atoms with Gasteiger partial charge in [0.05, 0.1) is 31.0 Å². The highest BCUT2D eigenvalue weighted by Crippen LogP contribution is 2.24. The Morgan fingerprint density at radius 1 is 0.875 bits per heavy atom. The Kier molecular flexibility index (Phi) is 16.2. The Balaban J connectivity index is 2.10. The van der Waals surface area contributed by atoms with E-state index in [1.807, 2.05) is 13.0 Å². The number of esters is 1. The van der Waals surface area contributed by atoms with Crippen molar-refractivity contribution in [2.45, 2.75) is 113 Å². The van der Waals surface area contributed by atoms with Crippen LogP contribution in [-0.2, 0) is 19.0 Å². The van der Waals surface area contributed by atoms with Crippen molar-refractivity contribution in [3.05, 3.63) is 60.8 Å². The van der Waals surface area contributed by atoms with Crippen molar-refractivity contribution in [2.24, 2.45) is 0 Å². The minimum Gasteiger partial charge on any atom is -0.460 e. The Morgan fingerprint density at radius 3 is 2.40 bits per heavy atom. The van der Waals surface area contributed by atoms with E-state index in [-0.39, 0.29) is 12.5 Å². The first-order chi connectivity index (χ1) is 19.2. The number of carbonyl (C=O) groups is 1. The summed E-state index contributed by atoms with van der Waals surface area (Å²) in [7, 11) is 0. The minimum absolute atomic E-state index is 0.208. The maximum absolute atomic E-state index is 12.1. The SMILES string of the molecule is C[C@@H]1CCCCC/C=C\[C@H](O)C[C@@H](O)C/C=C\C=C/[C@@H](O[C@H]2O[C@@H](CO)[C@H](O)[C@@H](O)[C@@H]2O)C/C=C\C=C/C(=O)O1. The summed E-state index contributed by atoms with van der Waals surface area (Å²) in [5.41, 5.74) is 0. The van der Waals surface area contributed by atoms with Crippen molar-refractivity contribution in [3.8, 4) is 0 Å². The molecule has 0 saturated carbocycles. The van der Waals surface area contributed by atoms with Gasteiger partial charge in [0, 0.05) is 12.5 Å². The fraction of sp³-hybridized carbons (Fsp3) is 0.633. The lowest BCUT2D eigenvalue weighted by Crippen LogP contribution is -2.59. The van der Waals surface area contributed by atoms with Gasteiger partial charge in [-0.3, -0.25) is 0 Å². The third-order valence-electron chi connectivity index (χ3n) is 6.66. The molecule has 0 aromatic carbocycles. The van der Waals surface area contributed by atoms with Crippen LogP contribution in [0.4, 0.5) is 0 Å². The third-order valence-corrected chi connectivity index (χ3v) is 6.66. The first kappa shape index (κ1) is 34.1. The number of cyclic esters (lactones) is 1. The molecule has 40 heavy (non-hydrogen) atoms. The van der Waals surface area contributed by atoms with Crippen molar-refractivity contribution >= 4 is 5.97 Å². The molecule has 0 radical (unpaired) electrons. The number of aliphatic hydroxyl groups excluding tert-OH is 6. The second-order valence-electron chi connectivity index (χ2n) is 10.2. The summed E-state index contributed by atoms with van der Waals surface area (Å²) < 4.78 is 16.7. The molecule has 0 unspecified atom stereocenters. The average Bonchev–Trinajstić information content (AvgIpc) is 2.91. The highest BCUT2D eigenvalue weighted by molar-refractivity contribution is 5.82. The number of hydrogen-bond acceptors (Lipinski definition) is 10. The van der Waals surface area contributed by atoms with Gasteiger partial charge in [-0.25, -0.2) is 4.79 Å². The van der Waals surface area contributed by atoms with E-state index < -0.39 is 61.6 Å². The molecule has 0 bridgehead atoms. The molecule has 2 rings (SSSR count). The quantitative estimate of drug-likeness (QED) is 0.219. The second kappa shape index (κ2) is 19.1. The van der Waals surface area contributed by atoms with Crippen LogP contribution in [0.15, 0.2) is 60.8 Å². The Hall–Kier alpha value is -2.15. The molecule has 2 heterocycles. The van der Waals surface area contributed by atoms with Gasteiger partial charge in [-0.2, -0.15) is 0 Å². The zero-order chi connectivity index (χ0) is 29.3.